The van der Waals surface area contributed by atoms with Crippen LogP contribution >= 0.6 is 23.2 Å². The number of benzene rings is 2. The molecule has 0 spiro atoms. The average molecular weight is 387 g/mol. The largest absolute Gasteiger partial charge is 0.466 e. The molecule has 0 saturated carbocycles. The second kappa shape index (κ2) is 6.15. The molecule has 0 saturated heterocycles. The van der Waals surface area contributed by atoms with E-state index < -0.39 is 5.41 Å². The van der Waals surface area contributed by atoms with Crippen LogP contribution in [0.1, 0.15) is 29.5 Å². The van der Waals surface area contributed by atoms with Crippen LogP contribution in [0.2, 0.25) is 10.0 Å². The molecule has 2 aromatic carbocycles. The number of halogens is 2. The summed E-state index contributed by atoms with van der Waals surface area (Å²) in [5.74, 6) is 0.0208. The summed E-state index contributed by atoms with van der Waals surface area (Å²) in [5, 5.41) is 0.945. The number of amidine groups is 1. The van der Waals surface area contributed by atoms with Gasteiger partial charge in [-0.3, -0.25) is 0 Å². The summed E-state index contributed by atoms with van der Waals surface area (Å²) >= 11 is 12.4. The normalized spacial score (nSPS) is 21.1. The van der Waals surface area contributed by atoms with Gasteiger partial charge in [0.15, 0.2) is 0 Å². The van der Waals surface area contributed by atoms with Crippen molar-refractivity contribution >= 4 is 35.0 Å². The lowest BCUT2D eigenvalue weighted by atomic mass is 9.69. The Bertz CT molecular complexity index is 997. The van der Waals surface area contributed by atoms with Gasteiger partial charge in [0.2, 0.25) is 0 Å². The van der Waals surface area contributed by atoms with Crippen molar-refractivity contribution in [1.82, 2.24) is 0 Å². The Morgan fingerprint density at radius 3 is 2.69 bits per heavy atom. The number of hydrogen-bond acceptors (Lipinski definition) is 4. The minimum Gasteiger partial charge on any atom is -0.466 e. The number of rotatable bonds is 2. The lowest BCUT2D eigenvalue weighted by molar-refractivity contribution is -0.136. The van der Waals surface area contributed by atoms with Gasteiger partial charge >= 0.3 is 5.97 Å². The van der Waals surface area contributed by atoms with Crippen molar-refractivity contribution in [3.05, 3.63) is 80.5 Å². The number of methoxy groups -OCH3 is 1. The van der Waals surface area contributed by atoms with E-state index in [0.717, 1.165) is 16.7 Å². The Labute approximate surface area is 161 Å². The molecule has 26 heavy (non-hydrogen) atoms. The molecule has 1 atom stereocenters. The lowest BCUT2D eigenvalue weighted by Crippen LogP contribution is -2.35. The first-order chi connectivity index (χ1) is 12.5. The quantitative estimate of drug-likeness (QED) is 0.785. The minimum absolute atomic E-state index is 0.377. The monoisotopic (exact) mass is 386 g/mol. The van der Waals surface area contributed by atoms with Crippen LogP contribution < -0.4 is 5.73 Å². The number of carbonyl (C=O) groups excluding carboxylic acids is 1. The van der Waals surface area contributed by atoms with Gasteiger partial charge in [-0.15, -0.1) is 0 Å². The van der Waals surface area contributed by atoms with Crippen LogP contribution in [0.25, 0.3) is 0 Å². The highest BCUT2D eigenvalue weighted by atomic mass is 35.5. The number of carbonyl (C=O) groups is 1. The fraction of sp³-hybridized carbons (Fsp3) is 0.200. The topological polar surface area (TPSA) is 64.7 Å². The van der Waals surface area contributed by atoms with Crippen molar-refractivity contribution in [2.45, 2.75) is 18.3 Å². The standard InChI is InChI=1S/C20H16Cl2N2O2/c1-26-19(25)13-8-9-20(11-6-7-15(21)16(22)10-11)14-5-3-2-4-12(14)18(23)24-17(13)20/h2-7,10H,8-9H2,1H3,(H2,23,24). The maximum absolute atomic E-state index is 12.3. The molecule has 0 fully saturated rings. The number of ether oxygens (including phenoxy) is 1. The van der Waals surface area contributed by atoms with E-state index in [1.165, 1.54) is 7.11 Å². The van der Waals surface area contributed by atoms with E-state index in [1.54, 1.807) is 6.07 Å². The zero-order valence-electron chi connectivity index (χ0n) is 14.1. The number of fused-ring (bicyclic) bond motifs is 3. The van der Waals surface area contributed by atoms with E-state index >= 15 is 0 Å². The van der Waals surface area contributed by atoms with Gasteiger partial charge in [0.25, 0.3) is 0 Å². The SMILES string of the molecule is COC(=O)C1=C2N=C(N)c3ccccc3C2(c2ccc(Cl)c(Cl)c2)CC1. The summed E-state index contributed by atoms with van der Waals surface area (Å²) in [5.41, 5.74) is 9.62. The molecule has 1 aliphatic heterocycles. The molecule has 0 amide bonds. The van der Waals surface area contributed by atoms with Crippen LogP contribution in [0.15, 0.2) is 58.7 Å². The molecule has 0 bridgehead atoms. The maximum atomic E-state index is 12.3. The van der Waals surface area contributed by atoms with Gasteiger partial charge in [0, 0.05) is 5.56 Å². The van der Waals surface area contributed by atoms with Crippen molar-refractivity contribution in [2.24, 2.45) is 10.7 Å². The highest BCUT2D eigenvalue weighted by Crippen LogP contribution is 2.54. The Kier molecular flexibility index (Phi) is 4.05. The number of allylic oxidation sites excluding steroid dienone is 1. The van der Waals surface area contributed by atoms with Crippen molar-refractivity contribution in [2.75, 3.05) is 7.11 Å². The maximum Gasteiger partial charge on any atom is 0.335 e. The minimum atomic E-state index is -0.600. The van der Waals surface area contributed by atoms with Crippen molar-refractivity contribution in [3.8, 4) is 0 Å². The average Bonchev–Trinajstić information content (AvgIpc) is 3.04. The molecule has 4 rings (SSSR count). The molecular weight excluding hydrogens is 371 g/mol. The molecular formula is C20H16Cl2N2O2. The molecule has 132 valence electrons. The number of esters is 1. The zero-order chi connectivity index (χ0) is 18.5. The molecule has 1 aliphatic carbocycles. The van der Waals surface area contributed by atoms with Gasteiger partial charge in [-0.2, -0.15) is 0 Å². The highest BCUT2D eigenvalue weighted by Gasteiger charge is 2.49. The van der Waals surface area contributed by atoms with Crippen LogP contribution in [-0.4, -0.2) is 18.9 Å². The van der Waals surface area contributed by atoms with Crippen LogP contribution in [0.4, 0.5) is 0 Å². The molecule has 2 aliphatic rings. The predicted octanol–water partition coefficient (Wildman–Crippen LogP) is 4.22. The number of aliphatic imine (C=N–C) groups is 1. The van der Waals surface area contributed by atoms with E-state index in [1.807, 2.05) is 36.4 Å². The third-order valence-corrected chi connectivity index (χ3v) is 5.92. The van der Waals surface area contributed by atoms with Gasteiger partial charge in [-0.05, 0) is 36.1 Å². The summed E-state index contributed by atoms with van der Waals surface area (Å²) in [6, 6.07) is 13.4. The summed E-state index contributed by atoms with van der Waals surface area (Å²) in [6.07, 6.45) is 1.23. The van der Waals surface area contributed by atoms with Gasteiger partial charge < -0.3 is 10.5 Å². The van der Waals surface area contributed by atoms with E-state index in [2.05, 4.69) is 4.99 Å². The summed E-state index contributed by atoms with van der Waals surface area (Å²) in [6.45, 7) is 0. The molecule has 2 N–H and O–H groups in total. The summed E-state index contributed by atoms with van der Waals surface area (Å²) < 4.78 is 4.98. The van der Waals surface area contributed by atoms with Crippen molar-refractivity contribution < 1.29 is 9.53 Å². The molecule has 0 aromatic heterocycles. The Morgan fingerprint density at radius 2 is 1.96 bits per heavy atom. The van der Waals surface area contributed by atoms with E-state index in [-0.39, 0.29) is 5.97 Å². The lowest BCUT2D eigenvalue weighted by Gasteiger charge is -2.37. The smallest absolute Gasteiger partial charge is 0.335 e. The summed E-state index contributed by atoms with van der Waals surface area (Å²) in [4.78, 5) is 17.0. The van der Waals surface area contributed by atoms with Gasteiger partial charge in [-0.25, -0.2) is 9.79 Å². The fourth-order valence-corrected chi connectivity index (χ4v) is 4.31. The van der Waals surface area contributed by atoms with E-state index in [0.29, 0.717) is 40.0 Å². The molecule has 1 heterocycles. The molecule has 4 nitrogen and oxygen atoms in total. The zero-order valence-corrected chi connectivity index (χ0v) is 15.6. The molecule has 0 radical (unpaired) electrons. The Morgan fingerprint density at radius 1 is 1.19 bits per heavy atom. The first-order valence-electron chi connectivity index (χ1n) is 8.20. The van der Waals surface area contributed by atoms with Gasteiger partial charge in [-0.1, -0.05) is 53.5 Å². The predicted molar refractivity (Wildman–Crippen MR) is 103 cm³/mol. The van der Waals surface area contributed by atoms with E-state index in [4.69, 9.17) is 33.7 Å². The third-order valence-electron chi connectivity index (χ3n) is 5.18. The van der Waals surface area contributed by atoms with Crippen LogP contribution in [-0.2, 0) is 14.9 Å². The Hall–Kier alpha value is -2.30. The van der Waals surface area contributed by atoms with Gasteiger partial charge in [0.1, 0.15) is 5.84 Å². The second-order valence-electron chi connectivity index (χ2n) is 6.40. The van der Waals surface area contributed by atoms with Crippen molar-refractivity contribution in [1.29, 1.82) is 0 Å². The first kappa shape index (κ1) is 17.1. The molecule has 1 unspecified atom stereocenters. The second-order valence-corrected chi connectivity index (χ2v) is 7.21. The fourth-order valence-electron chi connectivity index (χ4n) is 4.01. The molecule has 6 heteroatoms. The van der Waals surface area contributed by atoms with Gasteiger partial charge in [0.05, 0.1) is 33.8 Å². The molecule has 2 aromatic rings. The number of hydrogen-bond donors (Lipinski definition) is 1. The Balaban J connectivity index is 2.07. The van der Waals surface area contributed by atoms with Crippen molar-refractivity contribution in [3.63, 3.8) is 0 Å². The van der Waals surface area contributed by atoms with E-state index in [9.17, 15) is 4.79 Å². The summed E-state index contributed by atoms with van der Waals surface area (Å²) in [7, 11) is 1.37. The van der Waals surface area contributed by atoms with Crippen LogP contribution in [0.5, 0.6) is 0 Å². The first-order valence-corrected chi connectivity index (χ1v) is 8.96. The van der Waals surface area contributed by atoms with Crippen LogP contribution in [0, 0.1) is 0 Å². The highest BCUT2D eigenvalue weighted by molar-refractivity contribution is 6.42. The number of nitrogens with two attached hydrogens (primary N) is 1. The number of nitrogens with zero attached hydrogens (tertiary/aromatic N) is 1. The van der Waals surface area contributed by atoms with Crippen LogP contribution in [0.3, 0.4) is 0 Å². The third kappa shape index (κ3) is 2.29.